The van der Waals surface area contributed by atoms with Crippen LogP contribution in [0, 0.1) is 11.8 Å². The Labute approximate surface area is 109 Å². The second-order valence-electron chi connectivity index (χ2n) is 5.30. The maximum atomic E-state index is 5.74. The van der Waals surface area contributed by atoms with E-state index in [2.05, 4.69) is 29.2 Å². The molecule has 0 spiro atoms. The number of nitrogens with two attached hydrogens (primary N) is 1. The zero-order valence-corrected chi connectivity index (χ0v) is 11.5. The van der Waals surface area contributed by atoms with Gasteiger partial charge in [-0.1, -0.05) is 26.2 Å². The highest BCUT2D eigenvalue weighted by Crippen LogP contribution is 2.33. The van der Waals surface area contributed by atoms with Crippen LogP contribution in [0.1, 0.15) is 44.6 Å². The van der Waals surface area contributed by atoms with E-state index in [0.29, 0.717) is 6.04 Å². The summed E-state index contributed by atoms with van der Waals surface area (Å²) in [6.07, 6.45) is 7.90. The van der Waals surface area contributed by atoms with Crippen LogP contribution in [-0.4, -0.2) is 6.04 Å². The van der Waals surface area contributed by atoms with Gasteiger partial charge in [-0.2, -0.15) is 11.3 Å². The van der Waals surface area contributed by atoms with Crippen LogP contribution >= 0.6 is 11.3 Å². The molecule has 1 aliphatic carbocycles. The summed E-state index contributed by atoms with van der Waals surface area (Å²) in [5, 5.41) is 4.39. The molecule has 0 aliphatic heterocycles. The van der Waals surface area contributed by atoms with Crippen LogP contribution in [0.4, 0.5) is 0 Å². The molecule has 3 N–H and O–H groups in total. The van der Waals surface area contributed by atoms with Crippen molar-refractivity contribution in [2.75, 3.05) is 0 Å². The summed E-state index contributed by atoms with van der Waals surface area (Å²) < 4.78 is 0. The molecule has 2 nitrogen and oxygen atoms in total. The first-order valence-electron chi connectivity index (χ1n) is 6.80. The quantitative estimate of drug-likeness (QED) is 0.623. The minimum atomic E-state index is 0.461. The molecule has 1 heterocycles. The smallest absolute Gasteiger partial charge is 0.0279 e. The molecule has 0 bridgehead atoms. The Balaban J connectivity index is 1.86. The number of hydrazine groups is 1. The molecule has 2 rings (SSSR count). The molecule has 0 radical (unpaired) electrons. The first-order valence-corrected chi connectivity index (χ1v) is 7.75. The minimum absolute atomic E-state index is 0.461. The molecule has 0 saturated heterocycles. The van der Waals surface area contributed by atoms with Crippen LogP contribution in [0.5, 0.6) is 0 Å². The monoisotopic (exact) mass is 252 g/mol. The van der Waals surface area contributed by atoms with Gasteiger partial charge < -0.3 is 0 Å². The minimum Gasteiger partial charge on any atom is -0.271 e. The Bertz CT molecular complexity index is 302. The van der Waals surface area contributed by atoms with Gasteiger partial charge in [-0.15, -0.1) is 0 Å². The van der Waals surface area contributed by atoms with Gasteiger partial charge in [0.2, 0.25) is 0 Å². The molecule has 17 heavy (non-hydrogen) atoms. The third-order valence-electron chi connectivity index (χ3n) is 4.29. The standard InChI is InChI=1S/C14H24N2S/c1-2-11-3-5-13(6-4-11)14(16-15)9-12-7-8-17-10-12/h7-8,10-11,13-14,16H,2-6,9,15H2,1H3. The SMILES string of the molecule is CCC1CCC(C(Cc2ccsc2)NN)CC1. The Morgan fingerprint density at radius 3 is 2.71 bits per heavy atom. The Kier molecular flexibility index (Phi) is 5.01. The van der Waals surface area contributed by atoms with Crippen LogP contribution in [0.25, 0.3) is 0 Å². The van der Waals surface area contributed by atoms with E-state index < -0.39 is 0 Å². The highest BCUT2D eigenvalue weighted by Gasteiger charge is 2.26. The summed E-state index contributed by atoms with van der Waals surface area (Å²) in [7, 11) is 0. The predicted molar refractivity (Wildman–Crippen MR) is 74.9 cm³/mol. The molecule has 1 aromatic heterocycles. The summed E-state index contributed by atoms with van der Waals surface area (Å²) >= 11 is 1.77. The van der Waals surface area contributed by atoms with Crippen LogP contribution in [0.2, 0.25) is 0 Å². The van der Waals surface area contributed by atoms with E-state index in [0.717, 1.165) is 18.3 Å². The fourth-order valence-corrected chi connectivity index (χ4v) is 3.70. The third kappa shape index (κ3) is 3.54. The maximum Gasteiger partial charge on any atom is 0.0279 e. The van der Waals surface area contributed by atoms with Crippen molar-refractivity contribution in [3.8, 4) is 0 Å². The van der Waals surface area contributed by atoms with Crippen molar-refractivity contribution in [2.24, 2.45) is 17.7 Å². The number of hydrogen-bond acceptors (Lipinski definition) is 3. The van der Waals surface area contributed by atoms with Gasteiger partial charge in [0.15, 0.2) is 0 Å². The van der Waals surface area contributed by atoms with E-state index in [1.807, 2.05) is 0 Å². The van der Waals surface area contributed by atoms with E-state index in [4.69, 9.17) is 5.84 Å². The van der Waals surface area contributed by atoms with Crippen molar-refractivity contribution in [2.45, 2.75) is 51.5 Å². The van der Waals surface area contributed by atoms with Crippen LogP contribution < -0.4 is 11.3 Å². The molecule has 0 amide bonds. The molecule has 1 saturated carbocycles. The largest absolute Gasteiger partial charge is 0.271 e. The maximum absolute atomic E-state index is 5.74. The first-order chi connectivity index (χ1) is 8.33. The summed E-state index contributed by atoms with van der Waals surface area (Å²) in [6.45, 7) is 2.31. The number of hydrogen-bond donors (Lipinski definition) is 2. The highest BCUT2D eigenvalue weighted by molar-refractivity contribution is 7.07. The Hall–Kier alpha value is -0.380. The van der Waals surface area contributed by atoms with Crippen molar-refractivity contribution in [3.63, 3.8) is 0 Å². The van der Waals surface area contributed by atoms with Gasteiger partial charge >= 0.3 is 0 Å². The molecule has 1 fully saturated rings. The predicted octanol–water partition coefficient (Wildman–Crippen LogP) is 3.34. The third-order valence-corrected chi connectivity index (χ3v) is 5.02. The molecule has 1 unspecified atom stereocenters. The van der Waals surface area contributed by atoms with Gasteiger partial charge in [-0.25, -0.2) is 0 Å². The summed E-state index contributed by atoms with van der Waals surface area (Å²) in [5.41, 5.74) is 4.47. The lowest BCUT2D eigenvalue weighted by molar-refractivity contribution is 0.217. The summed E-state index contributed by atoms with van der Waals surface area (Å²) in [6, 6.07) is 2.68. The Morgan fingerprint density at radius 2 is 2.18 bits per heavy atom. The average Bonchev–Trinajstić information content (AvgIpc) is 2.89. The van der Waals surface area contributed by atoms with Gasteiger partial charge in [-0.05, 0) is 53.5 Å². The van der Waals surface area contributed by atoms with Crippen molar-refractivity contribution in [1.29, 1.82) is 0 Å². The molecule has 1 aliphatic rings. The van der Waals surface area contributed by atoms with Gasteiger partial charge in [0.25, 0.3) is 0 Å². The lowest BCUT2D eigenvalue weighted by atomic mass is 9.76. The molecule has 1 atom stereocenters. The van der Waals surface area contributed by atoms with Crippen LogP contribution in [-0.2, 0) is 6.42 Å². The average molecular weight is 252 g/mol. The molecule has 1 aromatic rings. The van der Waals surface area contributed by atoms with E-state index in [1.165, 1.54) is 37.7 Å². The number of nitrogens with one attached hydrogen (secondary N) is 1. The van der Waals surface area contributed by atoms with E-state index in [1.54, 1.807) is 11.3 Å². The van der Waals surface area contributed by atoms with Gasteiger partial charge in [0, 0.05) is 6.04 Å². The molecule has 3 heteroatoms. The second-order valence-corrected chi connectivity index (χ2v) is 6.08. The topological polar surface area (TPSA) is 38.0 Å². The fraction of sp³-hybridized carbons (Fsp3) is 0.714. The van der Waals surface area contributed by atoms with Crippen molar-refractivity contribution >= 4 is 11.3 Å². The first kappa shape index (κ1) is 13.1. The van der Waals surface area contributed by atoms with Crippen molar-refractivity contribution < 1.29 is 0 Å². The molecule has 96 valence electrons. The zero-order valence-electron chi connectivity index (χ0n) is 10.7. The second kappa shape index (κ2) is 6.53. The zero-order chi connectivity index (χ0) is 12.1. The van der Waals surface area contributed by atoms with E-state index in [-0.39, 0.29) is 0 Å². The molecule has 0 aromatic carbocycles. The summed E-state index contributed by atoms with van der Waals surface area (Å²) in [4.78, 5) is 0. The van der Waals surface area contributed by atoms with Crippen LogP contribution in [0.3, 0.4) is 0 Å². The Morgan fingerprint density at radius 1 is 1.41 bits per heavy atom. The van der Waals surface area contributed by atoms with Crippen LogP contribution in [0.15, 0.2) is 16.8 Å². The molecular formula is C14H24N2S. The lowest BCUT2D eigenvalue weighted by Gasteiger charge is -2.33. The normalized spacial score (nSPS) is 26.9. The van der Waals surface area contributed by atoms with Gasteiger partial charge in [-0.3, -0.25) is 11.3 Å². The highest BCUT2D eigenvalue weighted by atomic mass is 32.1. The van der Waals surface area contributed by atoms with Crippen molar-refractivity contribution in [1.82, 2.24) is 5.43 Å². The number of rotatable bonds is 5. The van der Waals surface area contributed by atoms with E-state index in [9.17, 15) is 0 Å². The van der Waals surface area contributed by atoms with E-state index >= 15 is 0 Å². The fourth-order valence-electron chi connectivity index (χ4n) is 3.02. The number of thiophene rings is 1. The lowest BCUT2D eigenvalue weighted by Crippen LogP contribution is -2.43. The summed E-state index contributed by atoms with van der Waals surface area (Å²) in [5.74, 6) is 7.47. The van der Waals surface area contributed by atoms with Gasteiger partial charge in [0.05, 0.1) is 0 Å². The molecular weight excluding hydrogens is 228 g/mol. The van der Waals surface area contributed by atoms with Crippen molar-refractivity contribution in [3.05, 3.63) is 22.4 Å². The van der Waals surface area contributed by atoms with Gasteiger partial charge in [0.1, 0.15) is 0 Å².